The van der Waals surface area contributed by atoms with Crippen LogP contribution in [-0.4, -0.2) is 41.3 Å². The molecule has 1 aliphatic rings. The minimum absolute atomic E-state index is 0.124. The Labute approximate surface area is 126 Å². The molecule has 0 radical (unpaired) electrons. The van der Waals surface area contributed by atoms with E-state index in [1.54, 1.807) is 0 Å². The van der Waals surface area contributed by atoms with Crippen LogP contribution < -0.4 is 4.72 Å². The van der Waals surface area contributed by atoms with Crippen molar-refractivity contribution in [1.82, 2.24) is 4.72 Å². The summed E-state index contributed by atoms with van der Waals surface area (Å²) < 4.78 is 38.0. The minimum Gasteiger partial charge on any atom is -0.478 e. The van der Waals surface area contributed by atoms with Crippen molar-refractivity contribution in [3.8, 4) is 0 Å². The van der Waals surface area contributed by atoms with Crippen molar-refractivity contribution in [2.75, 3.05) is 11.5 Å². The largest absolute Gasteiger partial charge is 0.478 e. The smallest absolute Gasteiger partial charge is 0.335 e. The predicted molar refractivity (Wildman–Crippen MR) is 80.1 cm³/mol. The number of carboxylic acids is 1. The SMILES string of the molecule is O=C(O)c1ccc(CS(=O)(=O)NC2CCS(=O)CC2)cc1. The van der Waals surface area contributed by atoms with Crippen LogP contribution in [0.3, 0.4) is 0 Å². The maximum atomic E-state index is 12.1. The number of aromatic carboxylic acids is 1. The fourth-order valence-electron chi connectivity index (χ4n) is 2.17. The van der Waals surface area contributed by atoms with Crippen LogP contribution in [0.15, 0.2) is 24.3 Å². The zero-order valence-electron chi connectivity index (χ0n) is 11.3. The van der Waals surface area contributed by atoms with Gasteiger partial charge >= 0.3 is 5.97 Å². The van der Waals surface area contributed by atoms with Crippen LogP contribution in [0.2, 0.25) is 0 Å². The van der Waals surface area contributed by atoms with Crippen molar-refractivity contribution in [2.24, 2.45) is 0 Å². The molecule has 0 atom stereocenters. The van der Waals surface area contributed by atoms with Crippen molar-refractivity contribution in [3.63, 3.8) is 0 Å². The lowest BCUT2D eigenvalue weighted by molar-refractivity contribution is 0.0697. The Morgan fingerprint density at radius 3 is 2.33 bits per heavy atom. The zero-order chi connectivity index (χ0) is 15.5. The summed E-state index contributed by atoms with van der Waals surface area (Å²) in [6.07, 6.45) is 1.17. The van der Waals surface area contributed by atoms with E-state index in [2.05, 4.69) is 4.72 Å². The molecule has 1 saturated heterocycles. The lowest BCUT2D eigenvalue weighted by Gasteiger charge is -2.22. The summed E-state index contributed by atoms with van der Waals surface area (Å²) in [6.45, 7) is 0. The number of carbonyl (C=O) groups is 1. The second-order valence-corrected chi connectivity index (χ2v) is 8.45. The summed E-state index contributed by atoms with van der Waals surface area (Å²) in [7, 11) is -4.31. The number of hydrogen-bond donors (Lipinski definition) is 2. The Morgan fingerprint density at radius 1 is 1.24 bits per heavy atom. The zero-order valence-corrected chi connectivity index (χ0v) is 13.0. The van der Waals surface area contributed by atoms with E-state index in [0.717, 1.165) is 0 Å². The van der Waals surface area contributed by atoms with Crippen LogP contribution in [0.1, 0.15) is 28.8 Å². The molecular weight excluding hydrogens is 314 g/mol. The maximum absolute atomic E-state index is 12.1. The quantitative estimate of drug-likeness (QED) is 0.828. The molecule has 1 aromatic carbocycles. The lowest BCUT2D eigenvalue weighted by atomic mass is 10.1. The van der Waals surface area contributed by atoms with Gasteiger partial charge in [0.25, 0.3) is 0 Å². The van der Waals surface area contributed by atoms with E-state index in [-0.39, 0.29) is 17.4 Å². The highest BCUT2D eigenvalue weighted by atomic mass is 32.2. The molecule has 116 valence electrons. The van der Waals surface area contributed by atoms with Crippen molar-refractivity contribution < 1.29 is 22.5 Å². The molecule has 0 saturated carbocycles. The Balaban J connectivity index is 1.97. The van der Waals surface area contributed by atoms with Crippen molar-refractivity contribution >= 4 is 26.8 Å². The summed E-state index contributed by atoms with van der Waals surface area (Å²) in [5, 5.41) is 8.79. The second-order valence-electron chi connectivity index (χ2n) is 5.00. The number of sulfonamides is 1. The number of rotatable bonds is 5. The first kappa shape index (κ1) is 16.1. The van der Waals surface area contributed by atoms with E-state index >= 15 is 0 Å². The van der Waals surface area contributed by atoms with E-state index in [9.17, 15) is 17.4 Å². The van der Waals surface area contributed by atoms with Gasteiger partial charge in [0.2, 0.25) is 10.0 Å². The monoisotopic (exact) mass is 331 g/mol. The van der Waals surface area contributed by atoms with Crippen molar-refractivity contribution in [3.05, 3.63) is 35.4 Å². The van der Waals surface area contributed by atoms with E-state index in [1.165, 1.54) is 24.3 Å². The standard InChI is InChI=1S/C13H17NO5S2/c15-13(16)11-3-1-10(2-4-11)9-21(18,19)14-12-5-7-20(17)8-6-12/h1-4,12,14H,5-9H2,(H,15,16). The Kier molecular flexibility index (Phi) is 5.13. The normalized spacial score (nSPS) is 22.9. The van der Waals surface area contributed by atoms with Crippen LogP contribution in [0.25, 0.3) is 0 Å². The molecule has 1 fully saturated rings. The highest BCUT2D eigenvalue weighted by Crippen LogP contribution is 2.13. The Hall–Kier alpha value is -1.25. The molecule has 0 amide bonds. The molecule has 0 unspecified atom stereocenters. The van der Waals surface area contributed by atoms with Gasteiger partial charge in [0.1, 0.15) is 0 Å². The fourth-order valence-corrected chi connectivity index (χ4v) is 4.93. The molecule has 2 N–H and O–H groups in total. The molecule has 1 aromatic rings. The summed E-state index contributed by atoms with van der Waals surface area (Å²) >= 11 is 0. The predicted octanol–water partition coefficient (Wildman–Crippen LogP) is 0.715. The third-order valence-electron chi connectivity index (χ3n) is 3.29. The molecule has 0 aliphatic carbocycles. The molecule has 0 aromatic heterocycles. The number of hydrogen-bond acceptors (Lipinski definition) is 4. The van der Waals surface area contributed by atoms with Gasteiger partial charge in [-0.15, -0.1) is 0 Å². The summed E-state index contributed by atoms with van der Waals surface area (Å²) in [5.74, 6) is -0.175. The molecule has 6 nitrogen and oxygen atoms in total. The Bertz CT molecular complexity index is 629. The minimum atomic E-state index is -3.48. The number of benzene rings is 1. The van der Waals surface area contributed by atoms with Gasteiger partial charge in [0.05, 0.1) is 11.3 Å². The van der Waals surface area contributed by atoms with E-state index in [4.69, 9.17) is 5.11 Å². The van der Waals surface area contributed by atoms with Gasteiger partial charge in [0, 0.05) is 28.3 Å². The van der Waals surface area contributed by atoms with Crippen LogP contribution >= 0.6 is 0 Å². The third kappa shape index (κ3) is 4.90. The first-order valence-corrected chi connectivity index (χ1v) is 9.67. The van der Waals surface area contributed by atoms with E-state index in [1.807, 2.05) is 0 Å². The van der Waals surface area contributed by atoms with Crippen LogP contribution in [-0.2, 0) is 26.6 Å². The van der Waals surface area contributed by atoms with Crippen LogP contribution in [0.5, 0.6) is 0 Å². The second kappa shape index (κ2) is 6.67. The summed E-state index contributed by atoms with van der Waals surface area (Å²) in [6, 6.07) is 5.61. The molecule has 21 heavy (non-hydrogen) atoms. The fraction of sp³-hybridized carbons (Fsp3) is 0.462. The molecule has 1 aliphatic heterocycles. The van der Waals surface area contributed by atoms with Gasteiger partial charge < -0.3 is 5.11 Å². The molecule has 0 spiro atoms. The van der Waals surface area contributed by atoms with Gasteiger partial charge in [-0.3, -0.25) is 4.21 Å². The highest BCUT2D eigenvalue weighted by molar-refractivity contribution is 7.88. The van der Waals surface area contributed by atoms with Gasteiger partial charge in [-0.1, -0.05) is 12.1 Å². The van der Waals surface area contributed by atoms with Crippen LogP contribution in [0, 0.1) is 0 Å². The first-order chi connectivity index (χ1) is 9.85. The molecule has 8 heteroatoms. The van der Waals surface area contributed by atoms with Crippen LogP contribution in [0.4, 0.5) is 0 Å². The maximum Gasteiger partial charge on any atom is 0.335 e. The topological polar surface area (TPSA) is 101 Å². The number of nitrogens with one attached hydrogen (secondary N) is 1. The first-order valence-electron chi connectivity index (χ1n) is 6.53. The van der Waals surface area contributed by atoms with Gasteiger partial charge in [-0.2, -0.15) is 0 Å². The summed E-state index contributed by atoms with van der Waals surface area (Å²) in [5.41, 5.74) is 0.658. The molecule has 1 heterocycles. The molecular formula is C13H17NO5S2. The van der Waals surface area contributed by atoms with E-state index < -0.39 is 26.8 Å². The van der Waals surface area contributed by atoms with Crippen molar-refractivity contribution in [1.29, 1.82) is 0 Å². The highest BCUT2D eigenvalue weighted by Gasteiger charge is 2.23. The molecule has 2 rings (SSSR count). The Morgan fingerprint density at radius 2 is 1.81 bits per heavy atom. The van der Waals surface area contributed by atoms with E-state index in [0.29, 0.717) is 29.9 Å². The molecule has 0 bridgehead atoms. The van der Waals surface area contributed by atoms with Crippen molar-refractivity contribution in [2.45, 2.75) is 24.6 Å². The van der Waals surface area contributed by atoms with Gasteiger partial charge in [-0.25, -0.2) is 17.9 Å². The van der Waals surface area contributed by atoms with Gasteiger partial charge in [-0.05, 0) is 30.5 Å². The van der Waals surface area contributed by atoms with Gasteiger partial charge in [0.15, 0.2) is 0 Å². The number of carboxylic acid groups (broad SMARTS) is 1. The summed E-state index contributed by atoms with van der Waals surface area (Å²) in [4.78, 5) is 10.7. The lowest BCUT2D eigenvalue weighted by Crippen LogP contribution is -2.40. The average molecular weight is 331 g/mol. The average Bonchev–Trinajstić information content (AvgIpc) is 2.41. The third-order valence-corrected chi connectivity index (χ3v) is 6.08.